The maximum atomic E-state index is 12.6. The minimum absolute atomic E-state index is 0.0484. The van der Waals surface area contributed by atoms with Crippen LogP contribution in [0.1, 0.15) is 13.8 Å². The lowest BCUT2D eigenvalue weighted by Gasteiger charge is -2.14. The van der Waals surface area contributed by atoms with Crippen LogP contribution in [-0.4, -0.2) is 27.7 Å². The number of rotatable bonds is 7. The molecular formula is C17H19ClN2O5S. The first-order chi connectivity index (χ1) is 12.4. The summed E-state index contributed by atoms with van der Waals surface area (Å²) in [4.78, 5) is 11.6. The molecule has 0 saturated heterocycles. The van der Waals surface area contributed by atoms with Crippen LogP contribution in [0.15, 0.2) is 47.4 Å². The molecule has 2 N–H and O–H groups in total. The van der Waals surface area contributed by atoms with Crippen LogP contribution in [-0.2, 0) is 14.8 Å². The van der Waals surface area contributed by atoms with Crippen LogP contribution in [0.2, 0.25) is 5.02 Å². The molecule has 0 saturated carbocycles. The number of benzene rings is 2. The number of hydrogen-bond acceptors (Lipinski definition) is 5. The van der Waals surface area contributed by atoms with E-state index in [0.29, 0.717) is 23.1 Å². The maximum absolute atomic E-state index is 12.6. The number of ether oxygens (including phenoxy) is 2. The second-order valence-electron chi connectivity index (χ2n) is 5.05. The molecule has 0 radical (unpaired) electrons. The van der Waals surface area contributed by atoms with Crippen LogP contribution < -0.4 is 14.8 Å². The van der Waals surface area contributed by atoms with E-state index in [-0.39, 0.29) is 17.2 Å². The van der Waals surface area contributed by atoms with Crippen molar-refractivity contribution in [3.05, 3.63) is 47.5 Å². The molecule has 0 unspecified atom stereocenters. The monoisotopic (exact) mass is 398 g/mol. The van der Waals surface area contributed by atoms with Gasteiger partial charge in [0.25, 0.3) is 10.0 Å². The zero-order chi connectivity index (χ0) is 19.2. The molecule has 0 bridgehead atoms. The summed E-state index contributed by atoms with van der Waals surface area (Å²) in [6.45, 7) is 3.98. The smallest absolute Gasteiger partial charge is 0.411 e. The summed E-state index contributed by atoms with van der Waals surface area (Å²) in [7, 11) is -3.89. The second-order valence-corrected chi connectivity index (χ2v) is 7.17. The first kappa shape index (κ1) is 19.9. The van der Waals surface area contributed by atoms with Gasteiger partial charge < -0.3 is 9.47 Å². The fraction of sp³-hybridized carbons (Fsp3) is 0.235. The van der Waals surface area contributed by atoms with Crippen LogP contribution in [0.4, 0.5) is 16.2 Å². The van der Waals surface area contributed by atoms with Crippen molar-refractivity contribution in [2.45, 2.75) is 18.7 Å². The van der Waals surface area contributed by atoms with Crippen molar-refractivity contribution in [1.82, 2.24) is 0 Å². The molecule has 0 atom stereocenters. The highest BCUT2D eigenvalue weighted by Gasteiger charge is 2.18. The number of nitrogens with one attached hydrogen (secondary N) is 2. The molecule has 9 heteroatoms. The van der Waals surface area contributed by atoms with Gasteiger partial charge in [-0.2, -0.15) is 0 Å². The number of carbonyl (C=O) groups excluding carboxylic acids is 1. The Morgan fingerprint density at radius 2 is 1.88 bits per heavy atom. The molecule has 2 aromatic carbocycles. The number of anilines is 2. The van der Waals surface area contributed by atoms with E-state index >= 15 is 0 Å². The molecule has 2 rings (SSSR count). The fourth-order valence-electron chi connectivity index (χ4n) is 2.10. The van der Waals surface area contributed by atoms with Crippen molar-refractivity contribution < 1.29 is 22.7 Å². The summed E-state index contributed by atoms with van der Waals surface area (Å²) in [5.74, 6) is 0.335. The molecule has 0 heterocycles. The third-order valence-electron chi connectivity index (χ3n) is 3.15. The standard InChI is InChI=1S/C17H19ClN2O5S/c1-3-24-16-9-8-14(11-15(16)19-17(21)25-4-2)26(22,23)20-13-7-5-6-12(18)10-13/h5-11,20H,3-4H2,1-2H3,(H,19,21). The molecule has 0 fully saturated rings. The van der Waals surface area contributed by atoms with E-state index in [9.17, 15) is 13.2 Å². The molecular weight excluding hydrogens is 380 g/mol. The average molecular weight is 399 g/mol. The first-order valence-corrected chi connectivity index (χ1v) is 9.71. The summed E-state index contributed by atoms with van der Waals surface area (Å²) in [6, 6.07) is 10.5. The third-order valence-corrected chi connectivity index (χ3v) is 4.76. The maximum Gasteiger partial charge on any atom is 0.411 e. The Hall–Kier alpha value is -2.45. The zero-order valence-electron chi connectivity index (χ0n) is 14.3. The zero-order valence-corrected chi connectivity index (χ0v) is 15.9. The minimum atomic E-state index is -3.89. The Morgan fingerprint density at radius 3 is 2.54 bits per heavy atom. The Balaban J connectivity index is 2.34. The van der Waals surface area contributed by atoms with Crippen LogP contribution >= 0.6 is 11.6 Å². The SMILES string of the molecule is CCOC(=O)Nc1cc(S(=O)(=O)Nc2cccc(Cl)c2)ccc1OCC. The van der Waals surface area contributed by atoms with Crippen molar-refractivity contribution in [2.24, 2.45) is 0 Å². The lowest BCUT2D eigenvalue weighted by molar-refractivity contribution is 0.167. The van der Waals surface area contributed by atoms with Crippen molar-refractivity contribution in [1.29, 1.82) is 0 Å². The molecule has 0 aliphatic rings. The van der Waals surface area contributed by atoms with E-state index in [1.165, 1.54) is 24.3 Å². The Bertz CT molecular complexity index is 886. The molecule has 2 aromatic rings. The summed E-state index contributed by atoms with van der Waals surface area (Å²) < 4.78 is 37.9. The summed E-state index contributed by atoms with van der Waals surface area (Å²) in [5, 5.41) is 2.89. The minimum Gasteiger partial charge on any atom is -0.492 e. The summed E-state index contributed by atoms with van der Waals surface area (Å²) in [6.07, 6.45) is -0.703. The van der Waals surface area contributed by atoms with Gasteiger partial charge >= 0.3 is 6.09 Å². The Labute approximate surface area is 157 Å². The quantitative estimate of drug-likeness (QED) is 0.732. The molecule has 0 spiro atoms. The Kier molecular flexibility index (Phi) is 6.70. The number of sulfonamides is 1. The molecule has 1 amide bonds. The number of carbonyl (C=O) groups is 1. The third kappa shape index (κ3) is 5.27. The van der Waals surface area contributed by atoms with E-state index in [1.54, 1.807) is 32.0 Å². The predicted octanol–water partition coefficient (Wildman–Crippen LogP) is 4.11. The van der Waals surface area contributed by atoms with Gasteiger partial charge in [0.15, 0.2) is 0 Å². The number of halogens is 1. The van der Waals surface area contributed by atoms with Crippen molar-refractivity contribution in [3.63, 3.8) is 0 Å². The summed E-state index contributed by atoms with van der Waals surface area (Å²) in [5.41, 5.74) is 0.519. The van der Waals surface area contributed by atoms with Crippen LogP contribution in [0.3, 0.4) is 0 Å². The van der Waals surface area contributed by atoms with Crippen LogP contribution in [0.5, 0.6) is 5.75 Å². The highest BCUT2D eigenvalue weighted by molar-refractivity contribution is 7.92. The van der Waals surface area contributed by atoms with E-state index in [4.69, 9.17) is 21.1 Å². The fourth-order valence-corrected chi connectivity index (χ4v) is 3.36. The first-order valence-electron chi connectivity index (χ1n) is 7.84. The Morgan fingerprint density at radius 1 is 1.12 bits per heavy atom. The molecule has 140 valence electrons. The predicted molar refractivity (Wildman–Crippen MR) is 101 cm³/mol. The van der Waals surface area contributed by atoms with Crippen molar-refractivity contribution in [3.8, 4) is 5.75 Å². The van der Waals surface area contributed by atoms with Gasteiger partial charge in [0, 0.05) is 5.02 Å². The molecule has 0 aliphatic carbocycles. The van der Waals surface area contributed by atoms with Crippen LogP contribution in [0.25, 0.3) is 0 Å². The normalized spacial score (nSPS) is 10.9. The largest absolute Gasteiger partial charge is 0.492 e. The topological polar surface area (TPSA) is 93.7 Å². The molecule has 26 heavy (non-hydrogen) atoms. The number of amides is 1. The van der Waals surface area contributed by atoms with E-state index in [2.05, 4.69) is 10.0 Å². The van der Waals surface area contributed by atoms with Gasteiger partial charge in [0.2, 0.25) is 0 Å². The van der Waals surface area contributed by atoms with Gasteiger partial charge in [-0.25, -0.2) is 13.2 Å². The van der Waals surface area contributed by atoms with Gasteiger partial charge in [0.05, 0.1) is 29.5 Å². The number of hydrogen-bond donors (Lipinski definition) is 2. The van der Waals surface area contributed by atoms with E-state index in [0.717, 1.165) is 0 Å². The lowest BCUT2D eigenvalue weighted by atomic mass is 10.3. The van der Waals surface area contributed by atoms with Gasteiger partial charge in [-0.05, 0) is 50.2 Å². The molecule has 7 nitrogen and oxygen atoms in total. The second kappa shape index (κ2) is 8.77. The molecule has 0 aromatic heterocycles. The van der Waals surface area contributed by atoms with Gasteiger partial charge in [-0.1, -0.05) is 17.7 Å². The average Bonchev–Trinajstić information content (AvgIpc) is 2.56. The van der Waals surface area contributed by atoms with Gasteiger partial charge in [-0.15, -0.1) is 0 Å². The van der Waals surface area contributed by atoms with Crippen molar-refractivity contribution in [2.75, 3.05) is 23.3 Å². The lowest BCUT2D eigenvalue weighted by Crippen LogP contribution is -2.16. The van der Waals surface area contributed by atoms with Gasteiger partial charge in [-0.3, -0.25) is 10.0 Å². The van der Waals surface area contributed by atoms with E-state index < -0.39 is 16.1 Å². The highest BCUT2D eigenvalue weighted by atomic mass is 35.5. The van der Waals surface area contributed by atoms with Crippen LogP contribution in [0, 0.1) is 0 Å². The molecule has 0 aliphatic heterocycles. The van der Waals surface area contributed by atoms with Crippen molar-refractivity contribution >= 4 is 39.1 Å². The van der Waals surface area contributed by atoms with Gasteiger partial charge in [0.1, 0.15) is 5.75 Å². The van der Waals surface area contributed by atoms with E-state index in [1.807, 2.05) is 0 Å². The summed E-state index contributed by atoms with van der Waals surface area (Å²) >= 11 is 5.87. The highest BCUT2D eigenvalue weighted by Crippen LogP contribution is 2.29.